The molecule has 25 heavy (non-hydrogen) atoms. The Morgan fingerprint density at radius 3 is 2.76 bits per heavy atom. The summed E-state index contributed by atoms with van der Waals surface area (Å²) in [6.45, 7) is 0. The first-order valence-corrected chi connectivity index (χ1v) is 9.90. The molecule has 0 radical (unpaired) electrons. The van der Waals surface area contributed by atoms with E-state index in [1.54, 1.807) is 25.3 Å². The minimum Gasteiger partial charge on any atom is -0.496 e. The predicted molar refractivity (Wildman–Crippen MR) is 105 cm³/mol. The number of thioether (sulfide) groups is 1. The highest BCUT2D eigenvalue weighted by Gasteiger charge is 2.12. The Labute approximate surface area is 162 Å². The van der Waals surface area contributed by atoms with Gasteiger partial charge < -0.3 is 10.1 Å². The highest BCUT2D eigenvalue weighted by Crippen LogP contribution is 2.29. The molecule has 0 aliphatic carbocycles. The summed E-state index contributed by atoms with van der Waals surface area (Å²) in [6.07, 6.45) is 0. The molecule has 1 aromatic heterocycles. The number of para-hydroxylation sites is 1. The molecule has 0 amide bonds. The molecule has 3 rings (SSSR count). The first-order valence-electron chi connectivity index (χ1n) is 7.31. The van der Waals surface area contributed by atoms with Crippen LogP contribution in [0.4, 0.5) is 10.8 Å². The van der Waals surface area contributed by atoms with E-state index < -0.39 is 0 Å². The van der Waals surface area contributed by atoms with E-state index in [4.69, 9.17) is 4.74 Å². The third kappa shape index (κ3) is 4.81. The first kappa shape index (κ1) is 17.9. The minimum atomic E-state index is 0.0288. The monoisotopic (exact) mass is 435 g/mol. The number of rotatable bonds is 7. The van der Waals surface area contributed by atoms with Crippen molar-refractivity contribution < 1.29 is 9.53 Å². The lowest BCUT2D eigenvalue weighted by atomic mass is 10.1. The fourth-order valence-corrected chi connectivity index (χ4v) is 4.22. The van der Waals surface area contributed by atoms with Crippen molar-refractivity contribution in [2.75, 3.05) is 18.2 Å². The van der Waals surface area contributed by atoms with Crippen molar-refractivity contribution in [3.05, 3.63) is 58.6 Å². The normalized spacial score (nSPS) is 10.5. The average molecular weight is 436 g/mol. The molecule has 5 nitrogen and oxygen atoms in total. The molecule has 0 saturated heterocycles. The van der Waals surface area contributed by atoms with E-state index in [1.807, 2.05) is 30.3 Å². The van der Waals surface area contributed by atoms with Gasteiger partial charge in [-0.05, 0) is 46.3 Å². The molecular weight excluding hydrogens is 422 g/mol. The van der Waals surface area contributed by atoms with Crippen LogP contribution in [0.15, 0.2) is 57.3 Å². The van der Waals surface area contributed by atoms with Gasteiger partial charge in [0.15, 0.2) is 10.1 Å². The maximum atomic E-state index is 12.3. The third-order valence-corrected chi connectivity index (χ3v) is 5.82. The molecule has 3 aromatic rings. The number of anilines is 2. The number of nitrogens with one attached hydrogen (secondary N) is 1. The lowest BCUT2D eigenvalue weighted by Gasteiger charge is -2.05. The molecule has 0 atom stereocenters. The topological polar surface area (TPSA) is 64.1 Å². The van der Waals surface area contributed by atoms with E-state index in [2.05, 4.69) is 31.4 Å². The fraction of sp³-hybridized carbons (Fsp3) is 0.118. The molecule has 1 heterocycles. The van der Waals surface area contributed by atoms with Gasteiger partial charge >= 0.3 is 0 Å². The van der Waals surface area contributed by atoms with Crippen LogP contribution in [0.5, 0.6) is 5.75 Å². The SMILES string of the molecule is COc1ccc(C(=O)CSc2nnc(Nc3ccccc3)s2)cc1Br. The zero-order valence-electron chi connectivity index (χ0n) is 13.2. The van der Waals surface area contributed by atoms with Gasteiger partial charge in [0, 0.05) is 11.3 Å². The Hall–Kier alpha value is -1.90. The van der Waals surface area contributed by atoms with Gasteiger partial charge in [-0.15, -0.1) is 10.2 Å². The van der Waals surface area contributed by atoms with Crippen LogP contribution >= 0.6 is 39.0 Å². The Bertz CT molecular complexity index is 871. The van der Waals surface area contributed by atoms with Gasteiger partial charge in [0.2, 0.25) is 5.13 Å². The quantitative estimate of drug-likeness (QED) is 0.414. The van der Waals surface area contributed by atoms with Gasteiger partial charge in [-0.3, -0.25) is 4.79 Å². The summed E-state index contributed by atoms with van der Waals surface area (Å²) in [6, 6.07) is 15.1. The summed E-state index contributed by atoms with van der Waals surface area (Å²) in [5.41, 5.74) is 1.58. The molecule has 0 saturated carbocycles. The highest BCUT2D eigenvalue weighted by atomic mass is 79.9. The smallest absolute Gasteiger partial charge is 0.210 e. The Balaban J connectivity index is 1.58. The summed E-state index contributed by atoms with van der Waals surface area (Å²) in [5.74, 6) is 1.03. The standard InChI is InChI=1S/C17H14BrN3O2S2/c1-23-15-8-7-11(9-13(15)18)14(22)10-24-17-21-20-16(25-17)19-12-5-3-2-4-6-12/h2-9H,10H2,1H3,(H,19,20). The van der Waals surface area contributed by atoms with Crippen molar-refractivity contribution >= 4 is 55.6 Å². The first-order chi connectivity index (χ1) is 12.2. The van der Waals surface area contributed by atoms with Crippen molar-refractivity contribution in [2.45, 2.75) is 4.34 Å². The second-order valence-electron chi connectivity index (χ2n) is 4.93. The summed E-state index contributed by atoms with van der Waals surface area (Å²) >= 11 is 6.20. The lowest BCUT2D eigenvalue weighted by Crippen LogP contribution is -2.02. The summed E-state index contributed by atoms with van der Waals surface area (Å²) < 4.78 is 6.68. The van der Waals surface area contributed by atoms with E-state index in [1.165, 1.54) is 23.1 Å². The fourth-order valence-electron chi connectivity index (χ4n) is 2.01. The van der Waals surface area contributed by atoms with Crippen molar-refractivity contribution in [3.63, 3.8) is 0 Å². The Kier molecular flexibility index (Phi) is 6.06. The van der Waals surface area contributed by atoms with Crippen LogP contribution in [0.25, 0.3) is 0 Å². The molecule has 0 aliphatic rings. The van der Waals surface area contributed by atoms with E-state index in [0.717, 1.165) is 14.5 Å². The number of nitrogens with zero attached hydrogens (tertiary/aromatic N) is 2. The largest absolute Gasteiger partial charge is 0.496 e. The number of carbonyl (C=O) groups is 1. The van der Waals surface area contributed by atoms with Crippen LogP contribution in [0.1, 0.15) is 10.4 Å². The van der Waals surface area contributed by atoms with Crippen LogP contribution in [-0.4, -0.2) is 28.8 Å². The van der Waals surface area contributed by atoms with E-state index in [0.29, 0.717) is 22.2 Å². The molecular formula is C17H14BrN3O2S2. The van der Waals surface area contributed by atoms with Gasteiger partial charge in [-0.25, -0.2) is 0 Å². The number of carbonyl (C=O) groups excluding carboxylic acids is 1. The van der Waals surface area contributed by atoms with E-state index >= 15 is 0 Å². The molecule has 0 bridgehead atoms. The molecule has 0 spiro atoms. The molecule has 8 heteroatoms. The zero-order chi connectivity index (χ0) is 17.6. The Morgan fingerprint density at radius 2 is 2.04 bits per heavy atom. The van der Waals surface area contributed by atoms with Crippen LogP contribution in [0.3, 0.4) is 0 Å². The molecule has 0 fully saturated rings. The number of methoxy groups -OCH3 is 1. The van der Waals surface area contributed by atoms with Crippen molar-refractivity contribution in [1.29, 1.82) is 0 Å². The second kappa shape index (κ2) is 8.46. The number of ketones is 1. The molecule has 2 aromatic carbocycles. The number of halogens is 1. The van der Waals surface area contributed by atoms with Crippen LogP contribution < -0.4 is 10.1 Å². The predicted octanol–water partition coefficient (Wildman–Crippen LogP) is 5.03. The van der Waals surface area contributed by atoms with Gasteiger partial charge in [0.05, 0.1) is 17.3 Å². The van der Waals surface area contributed by atoms with Crippen molar-refractivity contribution in [3.8, 4) is 5.75 Å². The number of benzene rings is 2. The van der Waals surface area contributed by atoms with Crippen LogP contribution in [-0.2, 0) is 0 Å². The number of aromatic nitrogens is 2. The van der Waals surface area contributed by atoms with Gasteiger partial charge in [0.25, 0.3) is 0 Å². The van der Waals surface area contributed by atoms with E-state index in [9.17, 15) is 4.79 Å². The van der Waals surface area contributed by atoms with Crippen molar-refractivity contribution in [2.24, 2.45) is 0 Å². The maximum absolute atomic E-state index is 12.3. The summed E-state index contributed by atoms with van der Waals surface area (Å²) in [5, 5.41) is 12.1. The Morgan fingerprint density at radius 1 is 1.24 bits per heavy atom. The number of hydrogen-bond acceptors (Lipinski definition) is 7. The van der Waals surface area contributed by atoms with E-state index in [-0.39, 0.29) is 5.78 Å². The van der Waals surface area contributed by atoms with Gasteiger partial charge in [0.1, 0.15) is 5.75 Å². The second-order valence-corrected chi connectivity index (χ2v) is 7.98. The van der Waals surface area contributed by atoms with Crippen molar-refractivity contribution in [1.82, 2.24) is 10.2 Å². The summed E-state index contributed by atoms with van der Waals surface area (Å²) in [4.78, 5) is 12.3. The van der Waals surface area contributed by atoms with Crippen LogP contribution in [0, 0.1) is 0 Å². The molecule has 0 aliphatic heterocycles. The highest BCUT2D eigenvalue weighted by molar-refractivity contribution is 9.10. The molecule has 0 unspecified atom stereocenters. The number of hydrogen-bond donors (Lipinski definition) is 1. The number of ether oxygens (including phenoxy) is 1. The van der Waals surface area contributed by atoms with Gasteiger partial charge in [-0.2, -0.15) is 0 Å². The minimum absolute atomic E-state index is 0.0288. The van der Waals surface area contributed by atoms with Gasteiger partial charge in [-0.1, -0.05) is 41.3 Å². The van der Waals surface area contributed by atoms with Crippen LogP contribution in [0.2, 0.25) is 0 Å². The summed E-state index contributed by atoms with van der Waals surface area (Å²) in [7, 11) is 1.59. The maximum Gasteiger partial charge on any atom is 0.210 e. The lowest BCUT2D eigenvalue weighted by molar-refractivity contribution is 0.102. The molecule has 128 valence electrons. The zero-order valence-corrected chi connectivity index (χ0v) is 16.5. The third-order valence-electron chi connectivity index (χ3n) is 3.23. The molecule has 1 N–H and O–H groups in total. The average Bonchev–Trinajstić information content (AvgIpc) is 3.08. The number of Topliss-reactive ketones (excluding diaryl/α,β-unsaturated/α-hetero) is 1.